The summed E-state index contributed by atoms with van der Waals surface area (Å²) in [7, 11) is 3.19. The van der Waals surface area contributed by atoms with Crippen LogP contribution in [0.3, 0.4) is 0 Å². The first kappa shape index (κ1) is 17.3. The topological polar surface area (TPSA) is 67.9 Å². The Morgan fingerprint density at radius 1 is 1.26 bits per heavy atom. The third kappa shape index (κ3) is 4.69. The molecule has 1 heterocycles. The standard InChI is InChI=1S/C17H24N2O4/c1-22-11-8-18-16(20)13-6-9-19(10-7-13)17(21)14-4-3-5-15(12-14)23-2/h3-5,12-13H,6-11H2,1-2H3,(H,18,20). The number of carbonyl (C=O) groups excluding carboxylic acids is 2. The van der Waals surface area contributed by atoms with Crippen LogP contribution in [-0.2, 0) is 9.53 Å². The van der Waals surface area contributed by atoms with Crippen LogP contribution in [0.5, 0.6) is 5.75 Å². The summed E-state index contributed by atoms with van der Waals surface area (Å²) in [6, 6.07) is 7.15. The van der Waals surface area contributed by atoms with E-state index in [0.717, 1.165) is 0 Å². The molecule has 23 heavy (non-hydrogen) atoms. The number of hydrogen-bond acceptors (Lipinski definition) is 4. The molecule has 1 aliphatic rings. The van der Waals surface area contributed by atoms with E-state index in [0.29, 0.717) is 50.4 Å². The Balaban J connectivity index is 1.86. The first-order valence-electron chi connectivity index (χ1n) is 7.85. The second-order valence-corrected chi connectivity index (χ2v) is 5.58. The van der Waals surface area contributed by atoms with Crippen LogP contribution < -0.4 is 10.1 Å². The van der Waals surface area contributed by atoms with E-state index in [-0.39, 0.29) is 17.7 Å². The number of amides is 2. The lowest BCUT2D eigenvalue weighted by Crippen LogP contribution is -2.43. The Morgan fingerprint density at radius 3 is 2.65 bits per heavy atom. The summed E-state index contributed by atoms with van der Waals surface area (Å²) in [6.07, 6.45) is 1.38. The molecule has 1 aromatic rings. The molecular weight excluding hydrogens is 296 g/mol. The van der Waals surface area contributed by atoms with Gasteiger partial charge >= 0.3 is 0 Å². The number of ether oxygens (including phenoxy) is 2. The maximum Gasteiger partial charge on any atom is 0.253 e. The van der Waals surface area contributed by atoms with Gasteiger partial charge in [0.05, 0.1) is 13.7 Å². The quantitative estimate of drug-likeness (QED) is 0.803. The molecule has 6 nitrogen and oxygen atoms in total. The molecular formula is C17H24N2O4. The highest BCUT2D eigenvalue weighted by atomic mass is 16.5. The number of likely N-dealkylation sites (tertiary alicyclic amines) is 1. The van der Waals surface area contributed by atoms with Crippen molar-refractivity contribution in [3.05, 3.63) is 29.8 Å². The van der Waals surface area contributed by atoms with E-state index < -0.39 is 0 Å². The predicted octanol–water partition coefficient (Wildman–Crippen LogP) is 1.31. The molecule has 0 atom stereocenters. The summed E-state index contributed by atoms with van der Waals surface area (Å²) in [5.41, 5.74) is 0.618. The van der Waals surface area contributed by atoms with Crippen LogP contribution in [0, 0.1) is 5.92 Å². The van der Waals surface area contributed by atoms with Crippen molar-refractivity contribution in [1.82, 2.24) is 10.2 Å². The zero-order valence-electron chi connectivity index (χ0n) is 13.7. The second kappa shape index (κ2) is 8.53. The van der Waals surface area contributed by atoms with Gasteiger partial charge in [-0.1, -0.05) is 6.07 Å². The lowest BCUT2D eigenvalue weighted by molar-refractivity contribution is -0.126. The van der Waals surface area contributed by atoms with Crippen LogP contribution in [0.15, 0.2) is 24.3 Å². The molecule has 0 saturated carbocycles. The molecule has 0 aliphatic carbocycles. The number of nitrogens with zero attached hydrogens (tertiary/aromatic N) is 1. The monoisotopic (exact) mass is 320 g/mol. The number of nitrogens with one attached hydrogen (secondary N) is 1. The zero-order valence-corrected chi connectivity index (χ0v) is 13.7. The fourth-order valence-corrected chi connectivity index (χ4v) is 2.70. The highest BCUT2D eigenvalue weighted by molar-refractivity contribution is 5.94. The van der Waals surface area contributed by atoms with Gasteiger partial charge in [-0.15, -0.1) is 0 Å². The number of carbonyl (C=O) groups is 2. The minimum absolute atomic E-state index is 0.0119. The minimum Gasteiger partial charge on any atom is -0.497 e. The van der Waals surface area contributed by atoms with Crippen molar-refractivity contribution in [2.45, 2.75) is 12.8 Å². The highest BCUT2D eigenvalue weighted by Gasteiger charge is 2.27. The van der Waals surface area contributed by atoms with Crippen molar-refractivity contribution in [1.29, 1.82) is 0 Å². The molecule has 2 rings (SSSR count). The Hall–Kier alpha value is -2.08. The Bertz CT molecular complexity index is 539. The van der Waals surface area contributed by atoms with E-state index in [1.807, 2.05) is 12.1 Å². The fraction of sp³-hybridized carbons (Fsp3) is 0.529. The summed E-state index contributed by atoms with van der Waals surface area (Å²) in [5, 5.41) is 2.86. The van der Waals surface area contributed by atoms with Crippen molar-refractivity contribution in [2.24, 2.45) is 5.92 Å². The molecule has 1 fully saturated rings. The van der Waals surface area contributed by atoms with Crippen LogP contribution in [0.1, 0.15) is 23.2 Å². The molecule has 0 aromatic heterocycles. The molecule has 0 unspecified atom stereocenters. The Morgan fingerprint density at radius 2 is 2.00 bits per heavy atom. The average molecular weight is 320 g/mol. The Kier molecular flexibility index (Phi) is 6.40. The Labute approximate surface area is 136 Å². The third-order valence-corrected chi connectivity index (χ3v) is 4.08. The van der Waals surface area contributed by atoms with E-state index in [4.69, 9.17) is 9.47 Å². The maximum atomic E-state index is 12.5. The van der Waals surface area contributed by atoms with E-state index >= 15 is 0 Å². The van der Waals surface area contributed by atoms with Crippen molar-refractivity contribution < 1.29 is 19.1 Å². The zero-order chi connectivity index (χ0) is 16.7. The molecule has 126 valence electrons. The van der Waals surface area contributed by atoms with Crippen LogP contribution >= 0.6 is 0 Å². The van der Waals surface area contributed by atoms with Gasteiger partial charge in [-0.05, 0) is 31.0 Å². The molecule has 2 amide bonds. The average Bonchev–Trinajstić information content (AvgIpc) is 2.61. The summed E-state index contributed by atoms with van der Waals surface area (Å²) < 4.78 is 10.1. The highest BCUT2D eigenvalue weighted by Crippen LogP contribution is 2.21. The number of benzene rings is 1. The number of rotatable bonds is 6. The SMILES string of the molecule is COCCNC(=O)C1CCN(C(=O)c2cccc(OC)c2)CC1. The van der Waals surface area contributed by atoms with Gasteiger partial charge in [0.2, 0.25) is 5.91 Å². The van der Waals surface area contributed by atoms with Crippen molar-refractivity contribution in [3.8, 4) is 5.75 Å². The number of methoxy groups -OCH3 is 2. The van der Waals surface area contributed by atoms with Crippen LogP contribution in [-0.4, -0.2) is 57.2 Å². The lowest BCUT2D eigenvalue weighted by Gasteiger charge is -2.31. The molecule has 1 saturated heterocycles. The summed E-state index contributed by atoms with van der Waals surface area (Å²) >= 11 is 0. The molecule has 0 radical (unpaired) electrons. The predicted molar refractivity (Wildman–Crippen MR) is 86.5 cm³/mol. The largest absolute Gasteiger partial charge is 0.497 e. The number of piperidine rings is 1. The van der Waals surface area contributed by atoms with Gasteiger partial charge < -0.3 is 19.7 Å². The smallest absolute Gasteiger partial charge is 0.253 e. The van der Waals surface area contributed by atoms with Crippen LogP contribution in [0.25, 0.3) is 0 Å². The third-order valence-electron chi connectivity index (χ3n) is 4.08. The maximum absolute atomic E-state index is 12.5. The first-order chi connectivity index (χ1) is 11.2. The van der Waals surface area contributed by atoms with Gasteiger partial charge in [0.25, 0.3) is 5.91 Å². The van der Waals surface area contributed by atoms with Crippen LogP contribution in [0.2, 0.25) is 0 Å². The summed E-state index contributed by atoms with van der Waals surface area (Å²) in [5.74, 6) is 0.683. The molecule has 1 N–H and O–H groups in total. The van der Waals surface area contributed by atoms with Crippen molar-refractivity contribution in [3.63, 3.8) is 0 Å². The van der Waals surface area contributed by atoms with Gasteiger partial charge in [0, 0.05) is 38.2 Å². The molecule has 1 aliphatic heterocycles. The van der Waals surface area contributed by atoms with Gasteiger partial charge in [-0.3, -0.25) is 9.59 Å². The minimum atomic E-state index is -0.0267. The van der Waals surface area contributed by atoms with E-state index in [1.165, 1.54) is 0 Å². The van der Waals surface area contributed by atoms with Gasteiger partial charge in [-0.25, -0.2) is 0 Å². The van der Waals surface area contributed by atoms with E-state index in [9.17, 15) is 9.59 Å². The van der Waals surface area contributed by atoms with Crippen molar-refractivity contribution >= 4 is 11.8 Å². The fourth-order valence-electron chi connectivity index (χ4n) is 2.70. The first-order valence-corrected chi connectivity index (χ1v) is 7.85. The van der Waals surface area contributed by atoms with Gasteiger partial charge in [0.15, 0.2) is 0 Å². The van der Waals surface area contributed by atoms with E-state index in [2.05, 4.69) is 5.32 Å². The van der Waals surface area contributed by atoms with Gasteiger partial charge in [0.1, 0.15) is 5.75 Å². The molecule has 6 heteroatoms. The van der Waals surface area contributed by atoms with Crippen LogP contribution in [0.4, 0.5) is 0 Å². The van der Waals surface area contributed by atoms with Crippen molar-refractivity contribution in [2.75, 3.05) is 40.5 Å². The normalized spacial score (nSPS) is 15.3. The second-order valence-electron chi connectivity index (χ2n) is 5.58. The summed E-state index contributed by atoms with van der Waals surface area (Å²) in [6.45, 7) is 2.23. The summed E-state index contributed by atoms with van der Waals surface area (Å²) in [4.78, 5) is 26.3. The lowest BCUT2D eigenvalue weighted by atomic mass is 9.95. The number of hydrogen-bond donors (Lipinski definition) is 1. The molecule has 0 bridgehead atoms. The van der Waals surface area contributed by atoms with E-state index in [1.54, 1.807) is 31.3 Å². The van der Waals surface area contributed by atoms with Gasteiger partial charge in [-0.2, -0.15) is 0 Å². The molecule has 0 spiro atoms. The molecule has 1 aromatic carbocycles.